The van der Waals surface area contributed by atoms with E-state index in [-0.39, 0.29) is 36.2 Å². The van der Waals surface area contributed by atoms with Crippen molar-refractivity contribution in [3.8, 4) is 0 Å². The van der Waals surface area contributed by atoms with Crippen molar-refractivity contribution in [1.29, 1.82) is 0 Å². The quantitative estimate of drug-likeness (QED) is 0.305. The van der Waals surface area contributed by atoms with Crippen LogP contribution in [-0.2, 0) is 38.1 Å². The Morgan fingerprint density at radius 3 is 1.26 bits per heavy atom. The maximum absolute atomic E-state index is 12.0. The molecule has 0 amide bonds. The van der Waals surface area contributed by atoms with Crippen molar-refractivity contribution in [2.75, 3.05) is 39.6 Å². The summed E-state index contributed by atoms with van der Waals surface area (Å²) < 4.78 is 68.5. The smallest absolute Gasteiger partial charge is 0.297 e. The lowest BCUT2D eigenvalue weighted by atomic mass is 10.2. The van der Waals surface area contributed by atoms with Gasteiger partial charge in [-0.3, -0.25) is 8.37 Å². The minimum atomic E-state index is -3.79. The first kappa shape index (κ1) is 25.4. The molecule has 8 nitrogen and oxygen atoms in total. The Kier molecular flexibility index (Phi) is 10.1. The SMILES string of the molecule is Cc1ccc(S(=O)(=O)OCCOCCCOCCOS(=O)(=O)c2ccc(C)cc2)cc1. The van der Waals surface area contributed by atoms with Crippen LogP contribution in [0.25, 0.3) is 0 Å². The van der Waals surface area contributed by atoms with Gasteiger partial charge in [-0.1, -0.05) is 35.4 Å². The van der Waals surface area contributed by atoms with Crippen molar-refractivity contribution in [3.63, 3.8) is 0 Å². The lowest BCUT2D eigenvalue weighted by molar-refractivity contribution is 0.0599. The average molecular weight is 473 g/mol. The molecule has 0 atom stereocenters. The highest BCUT2D eigenvalue weighted by molar-refractivity contribution is 7.87. The van der Waals surface area contributed by atoms with Crippen LogP contribution in [0, 0.1) is 13.8 Å². The van der Waals surface area contributed by atoms with Crippen LogP contribution in [0.3, 0.4) is 0 Å². The molecule has 0 fully saturated rings. The summed E-state index contributed by atoms with van der Waals surface area (Å²) in [5.41, 5.74) is 1.92. The molecule has 0 unspecified atom stereocenters. The van der Waals surface area contributed by atoms with Crippen molar-refractivity contribution in [3.05, 3.63) is 59.7 Å². The molecule has 0 aliphatic heterocycles. The third-order valence-corrected chi connectivity index (χ3v) is 6.78. The number of benzene rings is 2. The summed E-state index contributed by atoms with van der Waals surface area (Å²) in [5, 5.41) is 0. The Bertz CT molecular complexity index is 915. The van der Waals surface area contributed by atoms with E-state index in [1.807, 2.05) is 13.8 Å². The second-order valence-electron chi connectivity index (χ2n) is 6.76. The Labute approximate surface area is 184 Å². The largest absolute Gasteiger partial charge is 0.379 e. The van der Waals surface area contributed by atoms with Gasteiger partial charge in [0.2, 0.25) is 0 Å². The van der Waals surface area contributed by atoms with Crippen LogP contribution < -0.4 is 0 Å². The first-order valence-electron chi connectivity index (χ1n) is 9.78. The first-order valence-corrected chi connectivity index (χ1v) is 12.6. The third kappa shape index (κ3) is 9.06. The van der Waals surface area contributed by atoms with Gasteiger partial charge in [0.05, 0.1) is 36.2 Å². The molecule has 0 aromatic heterocycles. The molecule has 0 aliphatic carbocycles. The molecule has 2 aromatic rings. The van der Waals surface area contributed by atoms with Gasteiger partial charge in [0.15, 0.2) is 0 Å². The minimum absolute atomic E-state index is 0.0816. The maximum Gasteiger partial charge on any atom is 0.297 e. The van der Waals surface area contributed by atoms with E-state index >= 15 is 0 Å². The van der Waals surface area contributed by atoms with Crippen molar-refractivity contribution < 1.29 is 34.7 Å². The molecule has 0 saturated heterocycles. The standard InChI is InChI=1S/C21H28O8S2/c1-18-4-8-20(9-5-18)30(22,23)28-16-14-26-12-3-13-27-15-17-29-31(24,25)21-10-6-19(2)7-11-21/h4-11H,3,12-17H2,1-2H3. The zero-order valence-electron chi connectivity index (χ0n) is 17.7. The molecule has 10 heteroatoms. The molecule has 0 N–H and O–H groups in total. The van der Waals surface area contributed by atoms with Crippen molar-refractivity contribution >= 4 is 20.2 Å². The number of hydrogen-bond acceptors (Lipinski definition) is 8. The number of aryl methyl sites for hydroxylation is 2. The van der Waals surface area contributed by atoms with Gasteiger partial charge in [0.1, 0.15) is 0 Å². The van der Waals surface area contributed by atoms with Crippen LogP contribution in [0.15, 0.2) is 58.3 Å². The van der Waals surface area contributed by atoms with Crippen LogP contribution in [0.1, 0.15) is 17.5 Å². The molecule has 31 heavy (non-hydrogen) atoms. The third-order valence-electron chi connectivity index (χ3n) is 4.13. The fourth-order valence-corrected chi connectivity index (χ4v) is 4.20. The van der Waals surface area contributed by atoms with Crippen LogP contribution in [0.2, 0.25) is 0 Å². The lowest BCUT2D eigenvalue weighted by Crippen LogP contribution is -2.14. The predicted octanol–water partition coefficient (Wildman–Crippen LogP) is 2.84. The summed E-state index contributed by atoms with van der Waals surface area (Å²) in [6.07, 6.45) is 0.565. The molecule has 0 heterocycles. The van der Waals surface area contributed by atoms with Gasteiger partial charge < -0.3 is 9.47 Å². The lowest BCUT2D eigenvalue weighted by Gasteiger charge is -2.08. The monoisotopic (exact) mass is 472 g/mol. The second kappa shape index (κ2) is 12.3. The first-order chi connectivity index (χ1) is 14.7. The zero-order valence-corrected chi connectivity index (χ0v) is 19.3. The molecule has 0 saturated carbocycles. The van der Waals surface area contributed by atoms with E-state index in [1.165, 1.54) is 24.3 Å². The molecule has 2 rings (SSSR count). The summed E-state index contributed by atoms with van der Waals surface area (Å²) in [6.45, 7) is 4.55. The van der Waals surface area contributed by atoms with Crippen molar-refractivity contribution in [2.24, 2.45) is 0 Å². The van der Waals surface area contributed by atoms with Gasteiger partial charge in [-0.25, -0.2) is 0 Å². The molecular formula is C21H28O8S2. The summed E-state index contributed by atoms with van der Waals surface area (Å²) in [5.74, 6) is 0. The number of ether oxygens (including phenoxy) is 2. The van der Waals surface area contributed by atoms with Crippen LogP contribution in [0.5, 0.6) is 0 Å². The van der Waals surface area contributed by atoms with Gasteiger partial charge in [0.25, 0.3) is 20.2 Å². The molecule has 0 radical (unpaired) electrons. The summed E-state index contributed by atoms with van der Waals surface area (Å²) in [4.78, 5) is 0.219. The highest BCUT2D eigenvalue weighted by Gasteiger charge is 2.15. The zero-order chi connectivity index (χ0) is 22.7. The minimum Gasteiger partial charge on any atom is -0.379 e. The molecule has 0 bridgehead atoms. The fourth-order valence-electron chi connectivity index (χ4n) is 2.42. The topological polar surface area (TPSA) is 105 Å². The van der Waals surface area contributed by atoms with Gasteiger partial charge in [-0.15, -0.1) is 0 Å². The molecular weight excluding hydrogens is 444 g/mol. The summed E-state index contributed by atoms with van der Waals surface area (Å²) in [6, 6.07) is 12.8. The Hall–Kier alpha value is -1.82. The van der Waals surface area contributed by atoms with Gasteiger partial charge in [-0.05, 0) is 44.5 Å². The Morgan fingerprint density at radius 2 is 0.903 bits per heavy atom. The van der Waals surface area contributed by atoms with E-state index in [1.54, 1.807) is 24.3 Å². The Morgan fingerprint density at radius 1 is 0.548 bits per heavy atom. The van der Waals surface area contributed by atoms with Gasteiger partial charge in [-0.2, -0.15) is 16.8 Å². The highest BCUT2D eigenvalue weighted by atomic mass is 32.2. The van der Waals surface area contributed by atoms with E-state index in [0.29, 0.717) is 19.6 Å². The van der Waals surface area contributed by atoms with E-state index < -0.39 is 20.2 Å². The normalized spacial score (nSPS) is 12.2. The number of rotatable bonds is 14. The van der Waals surface area contributed by atoms with Crippen LogP contribution in [-0.4, -0.2) is 56.5 Å². The van der Waals surface area contributed by atoms with Crippen LogP contribution >= 0.6 is 0 Å². The van der Waals surface area contributed by atoms with E-state index in [0.717, 1.165) is 11.1 Å². The second-order valence-corrected chi connectivity index (χ2v) is 9.99. The fraction of sp³-hybridized carbons (Fsp3) is 0.429. The van der Waals surface area contributed by atoms with Crippen molar-refractivity contribution in [1.82, 2.24) is 0 Å². The maximum atomic E-state index is 12.0. The van der Waals surface area contributed by atoms with Crippen LogP contribution in [0.4, 0.5) is 0 Å². The van der Waals surface area contributed by atoms with E-state index in [9.17, 15) is 16.8 Å². The molecule has 172 valence electrons. The van der Waals surface area contributed by atoms with E-state index in [4.69, 9.17) is 17.8 Å². The van der Waals surface area contributed by atoms with Crippen molar-refractivity contribution in [2.45, 2.75) is 30.1 Å². The van der Waals surface area contributed by atoms with Gasteiger partial charge in [0, 0.05) is 13.2 Å². The van der Waals surface area contributed by atoms with E-state index in [2.05, 4.69) is 0 Å². The molecule has 2 aromatic carbocycles. The summed E-state index contributed by atoms with van der Waals surface area (Å²) >= 11 is 0. The summed E-state index contributed by atoms with van der Waals surface area (Å²) in [7, 11) is -7.57. The predicted molar refractivity (Wildman–Crippen MR) is 115 cm³/mol. The van der Waals surface area contributed by atoms with Gasteiger partial charge >= 0.3 is 0 Å². The molecule has 0 aliphatic rings. The Balaban J connectivity index is 1.50. The number of hydrogen-bond donors (Lipinski definition) is 0. The molecule has 0 spiro atoms. The average Bonchev–Trinajstić information content (AvgIpc) is 2.72. The highest BCUT2D eigenvalue weighted by Crippen LogP contribution is 2.14.